The molecular weight excluding hydrogens is 472 g/mol. The predicted octanol–water partition coefficient (Wildman–Crippen LogP) is 5.88. The van der Waals surface area contributed by atoms with Crippen LogP contribution in [-0.4, -0.2) is 12.2 Å². The van der Waals surface area contributed by atoms with Crippen molar-refractivity contribution in [3.05, 3.63) is 57.6 Å². The van der Waals surface area contributed by atoms with Crippen molar-refractivity contribution in [2.45, 2.75) is 119 Å². The van der Waals surface area contributed by atoms with Gasteiger partial charge >= 0.3 is 175 Å². The fourth-order valence-corrected chi connectivity index (χ4v) is 4.87. The fourth-order valence-electron chi connectivity index (χ4n) is 3.80. The van der Waals surface area contributed by atoms with Gasteiger partial charge in [0.15, 0.2) is 0 Å². The molecule has 1 heterocycles. The molecule has 0 saturated carbocycles. The maximum absolute atomic E-state index is 9.53. The van der Waals surface area contributed by atoms with E-state index in [4.69, 9.17) is 6.64 Å². The van der Waals surface area contributed by atoms with Gasteiger partial charge < -0.3 is 10.2 Å². The van der Waals surface area contributed by atoms with Crippen molar-refractivity contribution in [2.24, 2.45) is 0 Å². The molecule has 194 valence electrons. The molecule has 1 aliphatic heterocycles. The monoisotopic (exact) mass is 518 g/mol. The van der Waals surface area contributed by atoms with Gasteiger partial charge in [-0.05, 0) is 0 Å². The number of benzene rings is 2. The average molecular weight is 519 g/mol. The molecule has 0 aromatic heterocycles. The van der Waals surface area contributed by atoms with Gasteiger partial charge in [0.05, 0.1) is 0 Å². The van der Waals surface area contributed by atoms with E-state index in [0.29, 0.717) is 0 Å². The molecule has 4 nitrogen and oxygen atoms in total. The van der Waals surface area contributed by atoms with E-state index in [1.165, 1.54) is 33.4 Å². The minimum atomic E-state index is -1.03. The second-order valence-electron chi connectivity index (χ2n) is 12.0. The molecule has 0 atom stereocenters. The number of hydrogen-bond acceptors (Lipinski definition) is 4. The molecule has 1 aliphatic rings. The van der Waals surface area contributed by atoms with Gasteiger partial charge in [0.25, 0.3) is 0 Å². The summed E-state index contributed by atoms with van der Waals surface area (Å²) in [4.78, 5) is 0. The molecule has 35 heavy (non-hydrogen) atoms. The first kappa shape index (κ1) is 31.7. The predicted molar refractivity (Wildman–Crippen MR) is 139 cm³/mol. The first-order valence-corrected chi connectivity index (χ1v) is 13.9. The fraction of sp³-hybridized carbons (Fsp3) is 0.600. The first-order chi connectivity index (χ1) is 15.9. The topological polar surface area (TPSA) is 64.6 Å². The van der Waals surface area contributed by atoms with Crippen molar-refractivity contribution in [3.8, 4) is 11.5 Å². The van der Waals surface area contributed by atoms with Crippen molar-refractivity contribution in [1.29, 1.82) is 0 Å². The Balaban J connectivity index is 0.000000668. The number of fused-ring (bicyclic) bond motifs is 2. The van der Waals surface area contributed by atoms with Crippen molar-refractivity contribution in [2.75, 3.05) is 0 Å². The molecule has 3 rings (SSSR count). The molecule has 2 aromatic carbocycles. The molecule has 0 unspecified atom stereocenters. The number of rotatable bonds is 0. The van der Waals surface area contributed by atoms with Gasteiger partial charge in [-0.1, -0.05) is 27.7 Å². The van der Waals surface area contributed by atoms with Crippen molar-refractivity contribution in [1.82, 2.24) is 0 Å². The molecule has 0 fully saturated rings. The average Bonchev–Trinajstić information content (AvgIpc) is 2.73. The molecule has 0 spiro atoms. The van der Waals surface area contributed by atoms with Crippen LogP contribution in [0.15, 0.2) is 24.3 Å². The zero-order valence-electron chi connectivity index (χ0n) is 24.0. The summed E-state index contributed by atoms with van der Waals surface area (Å²) in [5.74, 6) is 2.13. The Hall–Kier alpha value is -1.33. The van der Waals surface area contributed by atoms with Crippen LogP contribution in [0.5, 0.6) is 11.5 Å². The van der Waals surface area contributed by atoms with E-state index < -0.39 is 32.1 Å². The molecular formula is C30H46O4Ti. The molecule has 0 aliphatic carbocycles. The number of hydrogen-bond donors (Lipinski definition) is 0. The second-order valence-corrected chi connectivity index (χ2v) is 12.9. The van der Waals surface area contributed by atoms with E-state index in [9.17, 15) is 10.2 Å². The third kappa shape index (κ3) is 10.7. The van der Waals surface area contributed by atoms with E-state index >= 15 is 0 Å². The molecule has 0 bridgehead atoms. The number of aryl methyl sites for hydroxylation is 4. The second kappa shape index (κ2) is 13.3. The van der Waals surface area contributed by atoms with Crippen LogP contribution in [0.25, 0.3) is 0 Å². The third-order valence-corrected chi connectivity index (χ3v) is 6.09. The van der Waals surface area contributed by atoms with Crippen LogP contribution >= 0.6 is 0 Å². The molecule has 2 aromatic rings. The van der Waals surface area contributed by atoms with Gasteiger partial charge in [0.2, 0.25) is 0 Å². The normalized spacial score (nSPS) is 13.0. The summed E-state index contributed by atoms with van der Waals surface area (Å²) in [6.45, 7) is 24.4. The summed E-state index contributed by atoms with van der Waals surface area (Å²) in [5.41, 5.74) is 7.95. The summed E-state index contributed by atoms with van der Waals surface area (Å²) >= 11 is -1.03. The minimum absolute atomic E-state index is 0.0519. The van der Waals surface area contributed by atoms with Gasteiger partial charge in [-0.3, -0.25) is 0 Å². The van der Waals surface area contributed by atoms with E-state index in [-0.39, 0.29) is 10.8 Å². The Morgan fingerprint density at radius 2 is 0.943 bits per heavy atom. The van der Waals surface area contributed by atoms with Crippen LogP contribution in [0.2, 0.25) is 0 Å². The Bertz CT molecular complexity index is 867. The van der Waals surface area contributed by atoms with Crippen LogP contribution in [0.4, 0.5) is 0 Å². The standard InChI is InChI=1S/C24H34O2.2C3H7O.Ti/c1-15-11-17(21(25)19(13-15)23(3,4)5)9-10-18-12-16(2)14-20(22(18)26)24(6,7)8;2*1-3(2)4;/h11-14,25-26H,9-10H2,1-8H3;2*3H,1-2H3;/q;2*-1;+4/p-2. The van der Waals surface area contributed by atoms with E-state index in [1.807, 2.05) is 0 Å². The Kier molecular flexibility index (Phi) is 12.0. The van der Waals surface area contributed by atoms with Crippen LogP contribution in [0.1, 0.15) is 103 Å². The Morgan fingerprint density at radius 1 is 0.657 bits per heavy atom. The van der Waals surface area contributed by atoms with E-state index in [2.05, 4.69) is 79.7 Å². The van der Waals surface area contributed by atoms with Crippen LogP contribution in [0.3, 0.4) is 0 Å². The van der Waals surface area contributed by atoms with Gasteiger partial charge in [0.1, 0.15) is 0 Å². The Morgan fingerprint density at radius 3 is 1.20 bits per heavy atom. The summed E-state index contributed by atoms with van der Waals surface area (Å²) in [6, 6.07) is 9.14. The summed E-state index contributed by atoms with van der Waals surface area (Å²) < 4.78 is 12.8. The van der Waals surface area contributed by atoms with Crippen LogP contribution in [-0.2, 0) is 43.6 Å². The van der Waals surface area contributed by atoms with Gasteiger partial charge in [-0.15, -0.1) is 12.2 Å². The van der Waals surface area contributed by atoms with Gasteiger partial charge in [-0.2, -0.15) is 0 Å². The first-order valence-electron chi connectivity index (χ1n) is 12.6. The molecule has 0 N–H and O–H groups in total. The van der Waals surface area contributed by atoms with Crippen molar-refractivity contribution >= 4 is 0 Å². The maximum atomic E-state index is 9.53. The van der Waals surface area contributed by atoms with E-state index in [0.717, 1.165) is 24.3 Å². The summed E-state index contributed by atoms with van der Waals surface area (Å²) in [5, 5.41) is 19.1. The molecule has 5 heteroatoms. The zero-order chi connectivity index (χ0) is 27.1. The molecule has 0 radical (unpaired) electrons. The molecule has 0 amide bonds. The summed E-state index contributed by atoms with van der Waals surface area (Å²) in [6.07, 6.45) is 1.13. The van der Waals surface area contributed by atoms with Gasteiger partial charge in [-0.25, -0.2) is 0 Å². The van der Waals surface area contributed by atoms with Gasteiger partial charge in [0, 0.05) is 0 Å². The van der Waals surface area contributed by atoms with Crippen LogP contribution in [0, 0.1) is 13.8 Å². The zero-order valence-corrected chi connectivity index (χ0v) is 25.6. The van der Waals surface area contributed by atoms with Crippen LogP contribution < -0.4 is 16.8 Å². The molecule has 0 saturated heterocycles. The third-order valence-electron chi connectivity index (χ3n) is 5.19. The van der Waals surface area contributed by atoms with E-state index in [1.54, 1.807) is 27.7 Å². The van der Waals surface area contributed by atoms with Crippen molar-refractivity contribution < 1.29 is 36.8 Å². The van der Waals surface area contributed by atoms with Crippen molar-refractivity contribution in [3.63, 3.8) is 0 Å². The quantitative estimate of drug-likeness (QED) is 0.409. The Labute approximate surface area is 224 Å². The SMILES string of the molecule is CC(C)[O-].CC(C)[O-].Cc1cc2c(c(C(C)(C)C)c1)[O][Ti+2][O]c1c(cc(C)cc1C(C)(C)C)CC2. The summed E-state index contributed by atoms with van der Waals surface area (Å²) in [7, 11) is 0.